The number of likely N-dealkylation sites (N-methyl/N-ethyl adjacent to an activating group) is 1. The molecule has 1 saturated heterocycles. The molecule has 31 heavy (non-hydrogen) atoms. The molecule has 0 aromatic carbocycles. The Morgan fingerprint density at radius 2 is 1.97 bits per heavy atom. The van der Waals surface area contributed by atoms with E-state index in [-0.39, 0.29) is 18.6 Å². The molecule has 0 aromatic rings. The summed E-state index contributed by atoms with van der Waals surface area (Å²) in [5, 5.41) is 21.2. The van der Waals surface area contributed by atoms with Crippen LogP contribution in [-0.4, -0.2) is 89.0 Å². The molecule has 0 aliphatic carbocycles. The van der Waals surface area contributed by atoms with Crippen LogP contribution in [-0.2, 0) is 33.4 Å². The Kier molecular flexibility index (Phi) is 7.61. The van der Waals surface area contributed by atoms with E-state index in [1.165, 1.54) is 20.8 Å². The molecule has 5 atom stereocenters. The van der Waals surface area contributed by atoms with Crippen LogP contribution in [0.3, 0.4) is 0 Å². The van der Waals surface area contributed by atoms with Crippen molar-refractivity contribution in [1.29, 1.82) is 0 Å². The van der Waals surface area contributed by atoms with E-state index in [1.807, 2.05) is 11.9 Å². The lowest BCUT2D eigenvalue weighted by Gasteiger charge is -2.39. The lowest BCUT2D eigenvalue weighted by Crippen LogP contribution is -2.57. The van der Waals surface area contributed by atoms with Crippen LogP contribution in [0.5, 0.6) is 0 Å². The van der Waals surface area contributed by atoms with Gasteiger partial charge in [-0.05, 0) is 27.3 Å². The second kappa shape index (κ2) is 9.46. The Balaban J connectivity index is 2.56. The van der Waals surface area contributed by atoms with Gasteiger partial charge in [-0.25, -0.2) is 9.59 Å². The molecule has 2 unspecified atom stereocenters. The van der Waals surface area contributed by atoms with Gasteiger partial charge in [0, 0.05) is 37.9 Å². The maximum Gasteiger partial charge on any atom is 0.350 e. The number of cyclic esters (lactones) is 1. The minimum Gasteiger partial charge on any atom is -0.458 e. The van der Waals surface area contributed by atoms with Crippen molar-refractivity contribution in [2.24, 2.45) is 5.92 Å². The quantitative estimate of drug-likeness (QED) is 0.435. The Morgan fingerprint density at radius 3 is 2.55 bits per heavy atom. The van der Waals surface area contributed by atoms with Gasteiger partial charge in [0.25, 0.3) is 0 Å². The molecule has 0 aromatic heterocycles. The van der Waals surface area contributed by atoms with E-state index in [0.717, 1.165) is 6.92 Å². The van der Waals surface area contributed by atoms with Gasteiger partial charge < -0.3 is 29.3 Å². The SMILES string of the molecule is CC(=O)O[C@]1(C)C(=O)OC/C2=C/CN(C)CCC(OC(=O)[C@@](O)(C(C)O)C[C@@H]1C)C2=O. The fourth-order valence-electron chi connectivity index (χ4n) is 3.62. The number of rotatable bonds is 2. The van der Waals surface area contributed by atoms with Crippen molar-refractivity contribution in [3.05, 3.63) is 11.6 Å². The zero-order valence-electron chi connectivity index (χ0n) is 18.5. The van der Waals surface area contributed by atoms with Crippen LogP contribution in [0.1, 0.15) is 40.5 Å². The minimum absolute atomic E-state index is 0.122. The van der Waals surface area contributed by atoms with Gasteiger partial charge in [0.1, 0.15) is 6.61 Å². The van der Waals surface area contributed by atoms with Crippen molar-refractivity contribution in [3.63, 3.8) is 0 Å². The number of ether oxygens (including phenoxy) is 3. The summed E-state index contributed by atoms with van der Waals surface area (Å²) in [6, 6.07) is 0. The van der Waals surface area contributed by atoms with Crippen LogP contribution in [0.4, 0.5) is 0 Å². The van der Waals surface area contributed by atoms with Gasteiger partial charge in [0.05, 0.1) is 6.10 Å². The predicted octanol–water partition coefficient (Wildman–Crippen LogP) is -0.254. The van der Waals surface area contributed by atoms with E-state index in [9.17, 15) is 29.4 Å². The monoisotopic (exact) mass is 441 g/mol. The Bertz CT molecular complexity index is 777. The summed E-state index contributed by atoms with van der Waals surface area (Å²) >= 11 is 0. The number of ketones is 1. The van der Waals surface area contributed by atoms with Gasteiger partial charge in [-0.1, -0.05) is 13.0 Å². The lowest BCUT2D eigenvalue weighted by molar-refractivity contribution is -0.199. The highest BCUT2D eigenvalue weighted by Gasteiger charge is 2.53. The summed E-state index contributed by atoms with van der Waals surface area (Å²) < 4.78 is 16.0. The fourth-order valence-corrected chi connectivity index (χ4v) is 3.62. The van der Waals surface area contributed by atoms with Crippen molar-refractivity contribution < 1.29 is 43.6 Å². The molecular weight excluding hydrogens is 410 g/mol. The molecule has 0 saturated carbocycles. The number of fused-ring (bicyclic) bond motifs is 2. The summed E-state index contributed by atoms with van der Waals surface area (Å²) in [7, 11) is 1.81. The number of esters is 3. The number of hydrogen-bond acceptors (Lipinski definition) is 10. The van der Waals surface area contributed by atoms with Crippen molar-refractivity contribution >= 4 is 23.7 Å². The molecular formula is C21H31NO9. The number of hydrogen-bond donors (Lipinski definition) is 2. The first-order chi connectivity index (χ1) is 14.3. The summed E-state index contributed by atoms with van der Waals surface area (Å²) in [6.45, 7) is 5.55. The highest BCUT2D eigenvalue weighted by Crippen LogP contribution is 2.34. The third kappa shape index (κ3) is 5.31. The average molecular weight is 441 g/mol. The molecule has 10 heteroatoms. The largest absolute Gasteiger partial charge is 0.458 e. The highest BCUT2D eigenvalue weighted by molar-refractivity contribution is 6.01. The highest BCUT2D eigenvalue weighted by atomic mass is 16.6. The third-order valence-electron chi connectivity index (χ3n) is 6.00. The number of aliphatic hydroxyl groups is 2. The zero-order valence-corrected chi connectivity index (χ0v) is 18.5. The molecule has 0 spiro atoms. The van der Waals surface area contributed by atoms with Crippen LogP contribution < -0.4 is 0 Å². The smallest absolute Gasteiger partial charge is 0.350 e. The molecule has 2 heterocycles. The van der Waals surface area contributed by atoms with Crippen LogP contribution in [0.25, 0.3) is 0 Å². The van der Waals surface area contributed by atoms with Crippen molar-refractivity contribution in [2.75, 3.05) is 26.7 Å². The van der Waals surface area contributed by atoms with Gasteiger partial charge in [0.2, 0.25) is 11.4 Å². The minimum atomic E-state index is -2.45. The van der Waals surface area contributed by atoms with Crippen molar-refractivity contribution in [1.82, 2.24) is 4.90 Å². The van der Waals surface area contributed by atoms with E-state index >= 15 is 0 Å². The predicted molar refractivity (Wildman–Crippen MR) is 107 cm³/mol. The summed E-state index contributed by atoms with van der Waals surface area (Å²) in [4.78, 5) is 52.4. The van der Waals surface area contributed by atoms with Crippen LogP contribution >= 0.6 is 0 Å². The normalized spacial score (nSPS) is 36.4. The van der Waals surface area contributed by atoms with E-state index in [4.69, 9.17) is 14.2 Å². The average Bonchev–Trinajstić information content (AvgIpc) is 2.67. The molecule has 2 aliphatic heterocycles. The van der Waals surface area contributed by atoms with Crippen LogP contribution in [0, 0.1) is 5.92 Å². The molecule has 2 bridgehead atoms. The van der Waals surface area contributed by atoms with Crippen LogP contribution in [0.2, 0.25) is 0 Å². The van der Waals surface area contributed by atoms with E-state index in [0.29, 0.717) is 13.1 Å². The maximum atomic E-state index is 13.0. The first kappa shape index (κ1) is 25.0. The summed E-state index contributed by atoms with van der Waals surface area (Å²) in [6.07, 6.45) is -1.53. The number of aliphatic hydroxyl groups excluding tert-OH is 1. The Labute approximate surface area is 181 Å². The molecule has 1 fully saturated rings. The van der Waals surface area contributed by atoms with Crippen molar-refractivity contribution in [3.8, 4) is 0 Å². The lowest BCUT2D eigenvalue weighted by atomic mass is 9.78. The van der Waals surface area contributed by atoms with Gasteiger partial charge in [-0.15, -0.1) is 0 Å². The number of carbonyl (C=O) groups excluding carboxylic acids is 4. The second-order valence-electron chi connectivity index (χ2n) is 8.52. The van der Waals surface area contributed by atoms with Gasteiger partial charge >= 0.3 is 17.9 Å². The first-order valence-corrected chi connectivity index (χ1v) is 10.2. The Morgan fingerprint density at radius 1 is 1.32 bits per heavy atom. The van der Waals surface area contributed by atoms with Gasteiger partial charge in [-0.3, -0.25) is 9.59 Å². The number of nitrogens with zero attached hydrogens (tertiary/aromatic N) is 1. The standard InChI is InChI=1S/C21H31NO9/c1-12-10-21(28,13(2)23)19(27)30-16-7-9-22(5)8-6-15(17(16)25)11-29-18(26)20(12,4)31-14(3)24/h6,12-13,16,23,28H,7-11H2,1-5H3/b15-6-/t12-,13?,16?,20-,21-/m0/s1. The molecule has 0 amide bonds. The fraction of sp³-hybridized carbons (Fsp3) is 0.714. The van der Waals surface area contributed by atoms with E-state index in [2.05, 4.69) is 0 Å². The second-order valence-corrected chi connectivity index (χ2v) is 8.52. The molecule has 2 aliphatic rings. The summed E-state index contributed by atoms with van der Waals surface area (Å²) in [5.74, 6) is -4.39. The van der Waals surface area contributed by atoms with Gasteiger partial charge in [0.15, 0.2) is 11.7 Å². The van der Waals surface area contributed by atoms with Crippen LogP contribution in [0.15, 0.2) is 11.6 Å². The summed E-state index contributed by atoms with van der Waals surface area (Å²) in [5.41, 5.74) is -4.20. The molecule has 10 nitrogen and oxygen atoms in total. The van der Waals surface area contributed by atoms with E-state index < -0.39 is 59.4 Å². The van der Waals surface area contributed by atoms with E-state index in [1.54, 1.807) is 6.08 Å². The van der Waals surface area contributed by atoms with Gasteiger partial charge in [-0.2, -0.15) is 0 Å². The maximum absolute atomic E-state index is 13.0. The Hall–Kier alpha value is -2.30. The van der Waals surface area contributed by atoms with Crippen molar-refractivity contribution in [2.45, 2.75) is 63.9 Å². The first-order valence-electron chi connectivity index (χ1n) is 10.2. The number of carbonyl (C=O) groups is 4. The third-order valence-corrected chi connectivity index (χ3v) is 6.00. The molecule has 2 N–H and O–H groups in total. The topological polar surface area (TPSA) is 140 Å². The number of Topliss-reactive ketones (excluding diaryl/α,β-unsaturated/α-hetero) is 1. The molecule has 0 radical (unpaired) electrons. The zero-order chi connectivity index (χ0) is 23.6. The molecule has 2 rings (SSSR count). The molecule has 174 valence electrons.